The number of nitrogens with zero attached hydrogens (tertiary/aromatic N) is 2. The van der Waals surface area contributed by atoms with Crippen molar-refractivity contribution in [2.75, 3.05) is 25.0 Å². The highest BCUT2D eigenvalue weighted by Crippen LogP contribution is 2.45. The number of hydrogen-bond acceptors (Lipinski definition) is 2. The summed E-state index contributed by atoms with van der Waals surface area (Å²) in [6.07, 6.45) is 1.67. The first kappa shape index (κ1) is 12.7. The molecule has 2 atom stereocenters. The van der Waals surface area contributed by atoms with E-state index in [0.717, 1.165) is 25.2 Å². The van der Waals surface area contributed by atoms with Crippen LogP contribution >= 0.6 is 0 Å². The van der Waals surface area contributed by atoms with Crippen LogP contribution in [-0.4, -0.2) is 37.0 Å². The summed E-state index contributed by atoms with van der Waals surface area (Å²) in [7, 11) is 2.18. The van der Waals surface area contributed by atoms with Gasteiger partial charge in [0.15, 0.2) is 0 Å². The van der Waals surface area contributed by atoms with Gasteiger partial charge in [-0.25, -0.2) is 0 Å². The van der Waals surface area contributed by atoms with Crippen molar-refractivity contribution in [2.45, 2.75) is 38.6 Å². The SMILES string of the molecule is CCC(=O)N1c2ccc(C)cc2[C@@H]2CN(C)CC[C@H]21. The Hall–Kier alpha value is -1.35. The number of rotatable bonds is 1. The predicted molar refractivity (Wildman–Crippen MR) is 77.6 cm³/mol. The van der Waals surface area contributed by atoms with E-state index in [2.05, 4.69) is 42.0 Å². The number of carbonyl (C=O) groups is 1. The number of benzene rings is 1. The second-order valence-electron chi connectivity index (χ2n) is 5.90. The Morgan fingerprint density at radius 3 is 2.95 bits per heavy atom. The molecule has 3 nitrogen and oxygen atoms in total. The Bertz CT molecular complexity index is 511. The highest BCUT2D eigenvalue weighted by Gasteiger charge is 2.43. The van der Waals surface area contributed by atoms with Gasteiger partial charge >= 0.3 is 0 Å². The summed E-state index contributed by atoms with van der Waals surface area (Å²) >= 11 is 0. The van der Waals surface area contributed by atoms with E-state index in [9.17, 15) is 4.79 Å². The third-order valence-electron chi connectivity index (χ3n) is 4.52. The molecule has 3 rings (SSSR count). The standard InChI is InChI=1S/C16H22N2O/c1-4-16(19)18-14-6-5-11(2)9-12(14)13-10-17(3)8-7-15(13)18/h5-6,9,13,15H,4,7-8,10H2,1-3H3/t13-,15+/m0/s1. The maximum Gasteiger partial charge on any atom is 0.226 e. The Morgan fingerprint density at radius 1 is 1.42 bits per heavy atom. The molecule has 1 amide bonds. The van der Waals surface area contributed by atoms with E-state index in [4.69, 9.17) is 0 Å². The van der Waals surface area contributed by atoms with Crippen LogP contribution in [0.1, 0.15) is 36.8 Å². The van der Waals surface area contributed by atoms with Crippen LogP contribution in [0.2, 0.25) is 0 Å². The fourth-order valence-corrected chi connectivity index (χ4v) is 3.58. The predicted octanol–water partition coefficient (Wildman–Crippen LogP) is 2.54. The van der Waals surface area contributed by atoms with Gasteiger partial charge in [0.05, 0.1) is 0 Å². The van der Waals surface area contributed by atoms with Gasteiger partial charge in [0, 0.05) is 30.6 Å². The Kier molecular flexibility index (Phi) is 3.09. The molecule has 0 unspecified atom stereocenters. The molecule has 0 aromatic heterocycles. The molecule has 19 heavy (non-hydrogen) atoms. The molecule has 0 bridgehead atoms. The Balaban J connectivity index is 2.06. The van der Waals surface area contributed by atoms with Crippen LogP contribution in [-0.2, 0) is 4.79 Å². The Morgan fingerprint density at radius 2 is 2.21 bits per heavy atom. The van der Waals surface area contributed by atoms with Crippen LogP contribution < -0.4 is 4.90 Å². The van der Waals surface area contributed by atoms with Crippen molar-refractivity contribution in [3.63, 3.8) is 0 Å². The first-order chi connectivity index (χ1) is 9.11. The highest BCUT2D eigenvalue weighted by molar-refractivity contribution is 5.96. The molecular formula is C16H22N2O. The molecule has 2 aliphatic heterocycles. The highest BCUT2D eigenvalue weighted by atomic mass is 16.2. The van der Waals surface area contributed by atoms with Crippen molar-refractivity contribution >= 4 is 11.6 Å². The average molecular weight is 258 g/mol. The van der Waals surface area contributed by atoms with E-state index < -0.39 is 0 Å². The van der Waals surface area contributed by atoms with Gasteiger partial charge in [0.2, 0.25) is 5.91 Å². The Labute approximate surface area is 115 Å². The zero-order valence-electron chi connectivity index (χ0n) is 12.0. The third-order valence-corrected chi connectivity index (χ3v) is 4.52. The van der Waals surface area contributed by atoms with E-state index in [0.29, 0.717) is 18.4 Å². The number of likely N-dealkylation sites (N-methyl/N-ethyl adjacent to an activating group) is 1. The number of anilines is 1. The maximum absolute atomic E-state index is 12.3. The molecular weight excluding hydrogens is 236 g/mol. The van der Waals surface area contributed by atoms with Crippen LogP contribution in [0.25, 0.3) is 0 Å². The van der Waals surface area contributed by atoms with E-state index in [1.54, 1.807) is 0 Å². The molecule has 1 aromatic carbocycles. The number of fused-ring (bicyclic) bond motifs is 3. The lowest BCUT2D eigenvalue weighted by atomic mass is 9.89. The van der Waals surface area contributed by atoms with Crippen molar-refractivity contribution in [3.05, 3.63) is 29.3 Å². The molecule has 1 fully saturated rings. The lowest BCUT2D eigenvalue weighted by Crippen LogP contribution is -2.46. The molecule has 1 aromatic rings. The zero-order valence-corrected chi connectivity index (χ0v) is 12.0. The molecule has 0 saturated carbocycles. The topological polar surface area (TPSA) is 23.6 Å². The summed E-state index contributed by atoms with van der Waals surface area (Å²) in [5.41, 5.74) is 3.82. The summed E-state index contributed by atoms with van der Waals surface area (Å²) in [4.78, 5) is 16.8. The molecule has 2 aliphatic rings. The van der Waals surface area contributed by atoms with Crippen LogP contribution in [0, 0.1) is 6.92 Å². The molecule has 0 N–H and O–H groups in total. The molecule has 3 heteroatoms. The van der Waals surface area contributed by atoms with E-state index in [-0.39, 0.29) is 5.91 Å². The lowest BCUT2D eigenvalue weighted by molar-refractivity contribution is -0.118. The molecule has 0 aliphatic carbocycles. The van der Waals surface area contributed by atoms with E-state index >= 15 is 0 Å². The summed E-state index contributed by atoms with van der Waals surface area (Å²) < 4.78 is 0. The molecule has 2 heterocycles. The van der Waals surface area contributed by atoms with Crippen molar-refractivity contribution in [1.29, 1.82) is 0 Å². The number of amides is 1. The summed E-state index contributed by atoms with van der Waals surface area (Å²) in [5.74, 6) is 0.756. The van der Waals surface area contributed by atoms with Crippen molar-refractivity contribution in [2.24, 2.45) is 0 Å². The summed E-state index contributed by atoms with van der Waals surface area (Å²) in [5, 5.41) is 0. The number of likely N-dealkylation sites (tertiary alicyclic amines) is 1. The fraction of sp³-hybridized carbons (Fsp3) is 0.562. The van der Waals surface area contributed by atoms with Crippen LogP contribution in [0.5, 0.6) is 0 Å². The largest absolute Gasteiger partial charge is 0.308 e. The van der Waals surface area contributed by atoms with Gasteiger partial charge in [0.1, 0.15) is 0 Å². The third kappa shape index (κ3) is 1.96. The van der Waals surface area contributed by atoms with Gasteiger partial charge in [-0.1, -0.05) is 24.6 Å². The van der Waals surface area contributed by atoms with E-state index in [1.165, 1.54) is 11.1 Å². The minimum absolute atomic E-state index is 0.266. The number of aryl methyl sites for hydroxylation is 1. The van der Waals surface area contributed by atoms with Crippen molar-refractivity contribution in [1.82, 2.24) is 4.90 Å². The van der Waals surface area contributed by atoms with Gasteiger partial charge < -0.3 is 9.80 Å². The number of hydrogen-bond donors (Lipinski definition) is 0. The number of carbonyl (C=O) groups excluding carboxylic acids is 1. The molecule has 102 valence electrons. The molecule has 0 spiro atoms. The smallest absolute Gasteiger partial charge is 0.226 e. The molecule has 1 saturated heterocycles. The summed E-state index contributed by atoms with van der Waals surface area (Å²) in [6.45, 7) is 6.24. The lowest BCUT2D eigenvalue weighted by Gasteiger charge is -2.36. The quantitative estimate of drug-likeness (QED) is 0.773. The monoisotopic (exact) mass is 258 g/mol. The van der Waals surface area contributed by atoms with Crippen LogP contribution in [0.15, 0.2) is 18.2 Å². The molecule has 0 radical (unpaired) electrons. The maximum atomic E-state index is 12.3. The van der Waals surface area contributed by atoms with Crippen LogP contribution in [0.3, 0.4) is 0 Å². The second-order valence-corrected chi connectivity index (χ2v) is 5.90. The van der Waals surface area contributed by atoms with Gasteiger partial charge in [0.25, 0.3) is 0 Å². The van der Waals surface area contributed by atoms with E-state index in [1.807, 2.05) is 6.92 Å². The number of piperidine rings is 1. The first-order valence-electron chi connectivity index (χ1n) is 7.23. The van der Waals surface area contributed by atoms with Crippen molar-refractivity contribution in [3.8, 4) is 0 Å². The van der Waals surface area contributed by atoms with Crippen LogP contribution in [0.4, 0.5) is 5.69 Å². The second kappa shape index (κ2) is 4.64. The minimum Gasteiger partial charge on any atom is -0.308 e. The zero-order chi connectivity index (χ0) is 13.6. The van der Waals surface area contributed by atoms with Crippen molar-refractivity contribution < 1.29 is 4.79 Å². The van der Waals surface area contributed by atoms with Gasteiger partial charge in [-0.3, -0.25) is 4.79 Å². The van der Waals surface area contributed by atoms with Gasteiger partial charge in [-0.05, 0) is 38.6 Å². The summed E-state index contributed by atoms with van der Waals surface area (Å²) in [6, 6.07) is 6.90. The minimum atomic E-state index is 0.266. The van der Waals surface area contributed by atoms with Gasteiger partial charge in [-0.15, -0.1) is 0 Å². The first-order valence-corrected chi connectivity index (χ1v) is 7.23. The normalized spacial score (nSPS) is 26.2. The fourth-order valence-electron chi connectivity index (χ4n) is 3.58. The van der Waals surface area contributed by atoms with Gasteiger partial charge in [-0.2, -0.15) is 0 Å². The average Bonchev–Trinajstić information content (AvgIpc) is 2.71.